The van der Waals surface area contributed by atoms with Crippen LogP contribution in [0.1, 0.15) is 67.6 Å². The third kappa shape index (κ3) is 6.42. The Hall–Kier alpha value is -3.19. The number of non-ortho nitro benzene ring substituents is 1. The molecule has 7 nitrogen and oxygen atoms in total. The summed E-state index contributed by atoms with van der Waals surface area (Å²) in [6.07, 6.45) is 5.68. The van der Waals surface area contributed by atoms with E-state index < -0.39 is 4.92 Å². The largest absolute Gasteiger partial charge is 0.494 e. The van der Waals surface area contributed by atoms with E-state index in [2.05, 4.69) is 19.2 Å². The Morgan fingerprint density at radius 1 is 1.03 bits per heavy atom. The van der Waals surface area contributed by atoms with E-state index >= 15 is 0 Å². The summed E-state index contributed by atoms with van der Waals surface area (Å²) in [6, 6.07) is 11.4. The molecule has 1 heterocycles. The molecule has 0 saturated heterocycles. The van der Waals surface area contributed by atoms with Crippen molar-refractivity contribution in [2.24, 2.45) is 0 Å². The number of hydrogen-bond donors (Lipinski definition) is 1. The Kier molecular flexibility index (Phi) is 9.01. The van der Waals surface area contributed by atoms with Crippen molar-refractivity contribution in [1.82, 2.24) is 5.32 Å². The normalized spacial score (nSPS) is 11.1. The molecule has 0 aliphatic carbocycles. The number of ketones is 1. The molecule has 0 amide bonds. The number of nitro groups is 1. The lowest BCUT2D eigenvalue weighted by Gasteiger charge is -2.08. The van der Waals surface area contributed by atoms with Gasteiger partial charge >= 0.3 is 0 Å². The van der Waals surface area contributed by atoms with Gasteiger partial charge in [0.15, 0.2) is 5.78 Å². The van der Waals surface area contributed by atoms with Crippen LogP contribution in [0, 0.1) is 10.1 Å². The second kappa shape index (κ2) is 12.2. The Bertz CT molecular complexity index is 1070. The minimum absolute atomic E-state index is 0.0627. The zero-order chi connectivity index (χ0) is 23.6. The van der Waals surface area contributed by atoms with Crippen LogP contribution in [0.4, 0.5) is 5.69 Å². The molecular weight excluding hydrogens is 420 g/mol. The Balaban J connectivity index is 1.74. The zero-order valence-electron chi connectivity index (χ0n) is 19.4. The van der Waals surface area contributed by atoms with E-state index in [4.69, 9.17) is 9.15 Å². The van der Waals surface area contributed by atoms with E-state index in [1.807, 2.05) is 0 Å². The number of fused-ring (bicyclic) bond motifs is 1. The van der Waals surface area contributed by atoms with Crippen molar-refractivity contribution < 1.29 is 18.9 Å². The molecule has 176 valence electrons. The smallest absolute Gasteiger partial charge is 0.270 e. The first kappa shape index (κ1) is 24.5. The Labute approximate surface area is 194 Å². The van der Waals surface area contributed by atoms with Gasteiger partial charge in [0.1, 0.15) is 17.1 Å². The van der Waals surface area contributed by atoms with Crippen LogP contribution in [-0.2, 0) is 6.42 Å². The zero-order valence-corrected chi connectivity index (χ0v) is 19.4. The van der Waals surface area contributed by atoms with Crippen LogP contribution in [0.15, 0.2) is 46.9 Å². The van der Waals surface area contributed by atoms with Gasteiger partial charge in [-0.1, -0.05) is 26.7 Å². The van der Waals surface area contributed by atoms with Gasteiger partial charge in [-0.3, -0.25) is 14.9 Å². The van der Waals surface area contributed by atoms with Gasteiger partial charge in [-0.05, 0) is 62.7 Å². The van der Waals surface area contributed by atoms with Gasteiger partial charge in [-0.25, -0.2) is 0 Å². The quantitative estimate of drug-likeness (QED) is 0.138. The van der Waals surface area contributed by atoms with Gasteiger partial charge in [0.2, 0.25) is 0 Å². The summed E-state index contributed by atoms with van der Waals surface area (Å²) in [5.74, 6) is 1.08. The second-order valence-corrected chi connectivity index (χ2v) is 8.10. The van der Waals surface area contributed by atoms with Gasteiger partial charge in [0, 0.05) is 29.5 Å². The third-order valence-electron chi connectivity index (χ3n) is 5.53. The highest BCUT2D eigenvalue weighted by Gasteiger charge is 2.23. The maximum atomic E-state index is 13.4. The molecule has 0 saturated carbocycles. The van der Waals surface area contributed by atoms with E-state index in [0.717, 1.165) is 32.4 Å². The Morgan fingerprint density at radius 3 is 2.45 bits per heavy atom. The SMILES string of the molecule is CCCCNCCCOc1ccc(C(=O)c2c(CCCC)oc3ccc([N+](=O)[O-])cc23)cc1. The molecule has 0 aliphatic rings. The van der Waals surface area contributed by atoms with Gasteiger partial charge in [-0.15, -0.1) is 0 Å². The van der Waals surface area contributed by atoms with Crippen molar-refractivity contribution >= 4 is 22.4 Å². The van der Waals surface area contributed by atoms with Gasteiger partial charge in [0.05, 0.1) is 17.1 Å². The molecule has 3 rings (SSSR count). The molecular formula is C26H32N2O5. The topological polar surface area (TPSA) is 94.6 Å². The molecule has 33 heavy (non-hydrogen) atoms. The third-order valence-corrected chi connectivity index (χ3v) is 5.53. The molecule has 0 radical (unpaired) electrons. The van der Waals surface area contributed by atoms with Crippen molar-refractivity contribution in [1.29, 1.82) is 0 Å². The summed E-state index contributed by atoms with van der Waals surface area (Å²) < 4.78 is 11.7. The highest BCUT2D eigenvalue weighted by molar-refractivity contribution is 6.17. The number of hydrogen-bond acceptors (Lipinski definition) is 6. The molecule has 0 unspecified atom stereocenters. The highest BCUT2D eigenvalue weighted by atomic mass is 16.6. The Morgan fingerprint density at radius 2 is 1.76 bits per heavy atom. The number of rotatable bonds is 14. The van der Waals surface area contributed by atoms with Crippen molar-refractivity contribution in [2.75, 3.05) is 19.7 Å². The van der Waals surface area contributed by atoms with Crippen molar-refractivity contribution in [3.63, 3.8) is 0 Å². The molecule has 0 bridgehead atoms. The van der Waals surface area contributed by atoms with Crippen LogP contribution in [0.5, 0.6) is 5.75 Å². The van der Waals surface area contributed by atoms with Crippen LogP contribution in [-0.4, -0.2) is 30.4 Å². The fraction of sp³-hybridized carbons (Fsp3) is 0.423. The fourth-order valence-electron chi connectivity index (χ4n) is 3.67. The predicted molar refractivity (Wildman–Crippen MR) is 129 cm³/mol. The van der Waals surface area contributed by atoms with Crippen molar-refractivity contribution in [2.45, 2.75) is 52.4 Å². The average molecular weight is 453 g/mol. The summed E-state index contributed by atoms with van der Waals surface area (Å²) in [5, 5.41) is 15.1. The first-order chi connectivity index (χ1) is 16.0. The minimum Gasteiger partial charge on any atom is -0.494 e. The predicted octanol–water partition coefficient (Wildman–Crippen LogP) is 6.07. The number of benzene rings is 2. The van der Waals surface area contributed by atoms with Gasteiger partial charge in [0.25, 0.3) is 5.69 Å². The lowest BCUT2D eigenvalue weighted by Crippen LogP contribution is -2.18. The summed E-state index contributed by atoms with van der Waals surface area (Å²) in [5.41, 5.74) is 1.33. The molecule has 0 aliphatic heterocycles. The van der Waals surface area contributed by atoms with Crippen LogP contribution in [0.2, 0.25) is 0 Å². The highest BCUT2D eigenvalue weighted by Crippen LogP contribution is 2.32. The number of nitro benzene ring substituents is 1. The molecule has 2 aromatic carbocycles. The number of aryl methyl sites for hydroxylation is 1. The van der Waals surface area contributed by atoms with Crippen LogP contribution in [0.3, 0.4) is 0 Å². The molecule has 1 aromatic heterocycles. The lowest BCUT2D eigenvalue weighted by molar-refractivity contribution is -0.384. The van der Waals surface area contributed by atoms with E-state index in [-0.39, 0.29) is 11.5 Å². The monoisotopic (exact) mass is 452 g/mol. The summed E-state index contributed by atoms with van der Waals surface area (Å²) >= 11 is 0. The number of carbonyl (C=O) groups is 1. The second-order valence-electron chi connectivity index (χ2n) is 8.10. The number of nitrogens with one attached hydrogen (secondary N) is 1. The fourth-order valence-corrected chi connectivity index (χ4v) is 3.67. The number of unbranched alkanes of at least 4 members (excludes halogenated alkanes) is 2. The lowest BCUT2D eigenvalue weighted by atomic mass is 9.98. The van der Waals surface area contributed by atoms with E-state index in [1.54, 1.807) is 30.3 Å². The van der Waals surface area contributed by atoms with Crippen LogP contribution >= 0.6 is 0 Å². The maximum Gasteiger partial charge on any atom is 0.270 e. The number of carbonyl (C=O) groups excluding carboxylic acids is 1. The van der Waals surface area contributed by atoms with Gasteiger partial charge < -0.3 is 14.5 Å². The van der Waals surface area contributed by atoms with Crippen molar-refractivity contribution in [3.8, 4) is 5.75 Å². The number of nitrogens with zero attached hydrogens (tertiary/aromatic N) is 1. The molecule has 1 N–H and O–H groups in total. The maximum absolute atomic E-state index is 13.4. The number of furan rings is 1. The van der Waals surface area contributed by atoms with E-state index in [9.17, 15) is 14.9 Å². The van der Waals surface area contributed by atoms with Gasteiger partial charge in [-0.2, -0.15) is 0 Å². The standard InChI is InChI=1S/C26H32N2O5/c1-3-5-8-24-25(22-18-20(28(30)31)11-14-23(22)33-24)26(29)19-9-12-21(13-10-19)32-17-7-16-27-15-6-4-2/h9-14,18,27H,3-8,15-17H2,1-2H3. The molecule has 0 spiro atoms. The van der Waals surface area contributed by atoms with Crippen molar-refractivity contribution in [3.05, 3.63) is 69.5 Å². The average Bonchev–Trinajstić information content (AvgIpc) is 3.19. The molecule has 0 fully saturated rings. The minimum atomic E-state index is -0.460. The molecule has 7 heteroatoms. The molecule has 3 aromatic rings. The van der Waals surface area contributed by atoms with E-state index in [1.165, 1.54) is 25.0 Å². The first-order valence-electron chi connectivity index (χ1n) is 11.7. The van der Waals surface area contributed by atoms with Crippen LogP contribution in [0.25, 0.3) is 11.0 Å². The number of ether oxygens (including phenoxy) is 1. The summed E-state index contributed by atoms with van der Waals surface area (Å²) in [7, 11) is 0. The summed E-state index contributed by atoms with van der Waals surface area (Å²) in [6.45, 7) is 6.78. The van der Waals surface area contributed by atoms with Crippen LogP contribution < -0.4 is 10.1 Å². The molecule has 0 atom stereocenters. The van der Waals surface area contributed by atoms with E-state index in [0.29, 0.717) is 46.6 Å². The summed E-state index contributed by atoms with van der Waals surface area (Å²) in [4.78, 5) is 24.2. The first-order valence-corrected chi connectivity index (χ1v) is 11.7.